The van der Waals surface area contributed by atoms with E-state index in [-0.39, 0.29) is 54.8 Å². The van der Waals surface area contributed by atoms with Crippen LogP contribution in [0, 0.1) is 49.0 Å². The van der Waals surface area contributed by atoms with Crippen molar-refractivity contribution in [2.75, 3.05) is 26.2 Å². The van der Waals surface area contributed by atoms with Crippen LogP contribution >= 0.6 is 0 Å². The second-order valence-electron chi connectivity index (χ2n) is 15.1. The fraction of sp³-hybridized carbons (Fsp3) is 0.349. The Morgan fingerprint density at radius 3 is 1.64 bits per heavy atom. The van der Waals surface area contributed by atoms with E-state index in [9.17, 15) is 27.2 Å². The number of aryl methyl sites for hydroxylation is 2. The number of H-pyrrole nitrogens is 2. The smallest absolute Gasteiger partial charge is 0.276 e. The van der Waals surface area contributed by atoms with Crippen LogP contribution in [0.1, 0.15) is 68.9 Å². The van der Waals surface area contributed by atoms with Gasteiger partial charge in [0.05, 0.1) is 12.4 Å². The minimum Gasteiger partial charge on any atom is -0.316 e. The number of imidazole rings is 2. The second kappa shape index (κ2) is 17.1. The van der Waals surface area contributed by atoms with Gasteiger partial charge in [-0.1, -0.05) is 59.0 Å². The van der Waals surface area contributed by atoms with Crippen molar-refractivity contribution >= 4 is 11.0 Å². The first-order valence-electron chi connectivity index (χ1n) is 18.7. The summed E-state index contributed by atoms with van der Waals surface area (Å²) in [6.45, 7) is 11.6. The Labute approximate surface area is 338 Å². The Kier molecular flexibility index (Phi) is 12.3. The molecule has 2 saturated heterocycles. The van der Waals surface area contributed by atoms with E-state index in [2.05, 4.69) is 61.2 Å². The van der Waals surface area contributed by atoms with E-state index in [1.807, 2.05) is 18.2 Å². The SMILES string of the molecule is C.C.Cc1cc(F)c(F)cc1-c1ncc2c(=O)[nH]c(C3CN(Cc4ccccc4)CC3C)nn12.Cc1cc(F)c(F)cc1-c1ncc2c(=O)[nH]c(C3CNCC3C)nn12. The van der Waals surface area contributed by atoms with Crippen LogP contribution in [0.25, 0.3) is 33.8 Å². The van der Waals surface area contributed by atoms with E-state index in [0.29, 0.717) is 51.5 Å². The second-order valence-corrected chi connectivity index (χ2v) is 15.1. The van der Waals surface area contributed by atoms with Crippen LogP contribution in [0.4, 0.5) is 17.6 Å². The Morgan fingerprint density at radius 2 is 1.15 bits per heavy atom. The van der Waals surface area contributed by atoms with Crippen molar-refractivity contribution in [2.24, 2.45) is 11.8 Å². The molecule has 4 atom stereocenters. The number of fused-ring (bicyclic) bond motifs is 2. The average Bonchev–Trinajstić information content (AvgIpc) is 3.99. The fourth-order valence-electron chi connectivity index (χ4n) is 7.88. The van der Waals surface area contributed by atoms with Gasteiger partial charge in [0, 0.05) is 49.1 Å². The summed E-state index contributed by atoms with van der Waals surface area (Å²) in [6.07, 6.45) is 2.80. The number of rotatable bonds is 6. The van der Waals surface area contributed by atoms with Gasteiger partial charge < -0.3 is 15.3 Å². The number of hydrogen-bond donors (Lipinski definition) is 3. The van der Waals surface area contributed by atoms with Gasteiger partial charge in [0.25, 0.3) is 11.1 Å². The summed E-state index contributed by atoms with van der Waals surface area (Å²) in [5, 5.41) is 12.5. The zero-order valence-corrected chi connectivity index (χ0v) is 31.7. The van der Waals surface area contributed by atoms with Gasteiger partial charge in [-0.25, -0.2) is 36.6 Å². The van der Waals surface area contributed by atoms with Crippen molar-refractivity contribution in [3.05, 3.63) is 139 Å². The molecule has 4 aromatic heterocycles. The number of benzene rings is 3. The highest BCUT2D eigenvalue weighted by Gasteiger charge is 2.33. The van der Waals surface area contributed by atoms with Gasteiger partial charge >= 0.3 is 0 Å². The fourth-order valence-corrected chi connectivity index (χ4v) is 7.88. The maximum Gasteiger partial charge on any atom is 0.276 e. The number of nitrogens with zero attached hydrogens (tertiary/aromatic N) is 7. The zero-order valence-electron chi connectivity index (χ0n) is 31.7. The largest absolute Gasteiger partial charge is 0.316 e. The number of likely N-dealkylation sites (tertiary alicyclic amines) is 1. The van der Waals surface area contributed by atoms with Crippen molar-refractivity contribution < 1.29 is 17.6 Å². The summed E-state index contributed by atoms with van der Waals surface area (Å²) >= 11 is 0. The third-order valence-corrected chi connectivity index (χ3v) is 11.0. The topological polar surface area (TPSA) is 141 Å². The van der Waals surface area contributed by atoms with E-state index >= 15 is 0 Å². The van der Waals surface area contributed by atoms with Gasteiger partial charge in [0.1, 0.15) is 11.6 Å². The molecule has 0 amide bonds. The third kappa shape index (κ3) is 8.19. The van der Waals surface area contributed by atoms with Gasteiger partial charge in [-0.3, -0.25) is 14.5 Å². The molecule has 0 aliphatic carbocycles. The highest BCUT2D eigenvalue weighted by atomic mass is 19.2. The van der Waals surface area contributed by atoms with Crippen LogP contribution in [-0.4, -0.2) is 70.2 Å². The highest BCUT2D eigenvalue weighted by Crippen LogP contribution is 2.32. The van der Waals surface area contributed by atoms with Crippen LogP contribution < -0.4 is 16.4 Å². The molecule has 3 aromatic carbocycles. The van der Waals surface area contributed by atoms with Gasteiger partial charge in [-0.2, -0.15) is 10.2 Å². The number of hydrogen-bond acceptors (Lipinski definition) is 8. The molecule has 3 N–H and O–H groups in total. The summed E-state index contributed by atoms with van der Waals surface area (Å²) in [5.74, 6) is -1.25. The first-order chi connectivity index (χ1) is 27.4. The molecule has 2 aliphatic heterocycles. The Bertz CT molecular complexity index is 2750. The molecule has 0 saturated carbocycles. The lowest BCUT2D eigenvalue weighted by molar-refractivity contribution is 0.318. The Morgan fingerprint density at radius 1 is 0.661 bits per heavy atom. The zero-order chi connectivity index (χ0) is 40.1. The monoisotopic (exact) mass is 812 g/mol. The highest BCUT2D eigenvalue weighted by molar-refractivity contribution is 5.65. The van der Waals surface area contributed by atoms with E-state index in [1.54, 1.807) is 13.8 Å². The lowest BCUT2D eigenvalue weighted by Crippen LogP contribution is -2.23. The molecular formula is C43H48F4N10O2. The molecule has 9 rings (SSSR count). The number of aromatic amines is 2. The molecule has 2 fully saturated rings. The Balaban J connectivity index is 0.000000197. The van der Waals surface area contributed by atoms with Crippen molar-refractivity contribution in [3.63, 3.8) is 0 Å². The predicted molar refractivity (Wildman–Crippen MR) is 219 cm³/mol. The first-order valence-corrected chi connectivity index (χ1v) is 18.7. The van der Waals surface area contributed by atoms with E-state index in [1.165, 1.54) is 27.0 Å². The van der Waals surface area contributed by atoms with Gasteiger partial charge in [-0.05, 0) is 73.2 Å². The van der Waals surface area contributed by atoms with Crippen molar-refractivity contribution in [3.8, 4) is 22.8 Å². The summed E-state index contributed by atoms with van der Waals surface area (Å²) in [4.78, 5) is 41.8. The third-order valence-electron chi connectivity index (χ3n) is 11.0. The molecule has 2 aliphatic rings. The molecule has 4 unspecified atom stereocenters. The maximum atomic E-state index is 13.9. The molecule has 16 heteroatoms. The predicted octanol–water partition coefficient (Wildman–Crippen LogP) is 7.17. The number of halogens is 4. The van der Waals surface area contributed by atoms with Crippen LogP contribution in [0.3, 0.4) is 0 Å². The lowest BCUT2D eigenvalue weighted by atomic mass is 9.97. The molecule has 0 spiro atoms. The summed E-state index contributed by atoms with van der Waals surface area (Å²) in [6, 6.07) is 14.7. The number of aromatic nitrogens is 8. The van der Waals surface area contributed by atoms with Gasteiger partial charge in [0.2, 0.25) is 0 Å². The van der Waals surface area contributed by atoms with Crippen LogP contribution in [0.15, 0.2) is 76.6 Å². The summed E-state index contributed by atoms with van der Waals surface area (Å²) < 4.78 is 57.5. The first kappa shape index (κ1) is 42.6. The van der Waals surface area contributed by atoms with Crippen molar-refractivity contribution in [1.82, 2.24) is 49.4 Å². The summed E-state index contributed by atoms with van der Waals surface area (Å²) in [5.41, 5.74) is 3.00. The van der Waals surface area contributed by atoms with E-state index in [0.717, 1.165) is 57.0 Å². The minimum atomic E-state index is -0.964. The molecule has 0 bridgehead atoms. The molecule has 6 heterocycles. The quantitative estimate of drug-likeness (QED) is 0.150. The molecule has 310 valence electrons. The van der Waals surface area contributed by atoms with Crippen molar-refractivity contribution in [1.29, 1.82) is 0 Å². The molecule has 7 aromatic rings. The maximum absolute atomic E-state index is 13.9. The van der Waals surface area contributed by atoms with Crippen molar-refractivity contribution in [2.45, 2.75) is 60.9 Å². The average molecular weight is 813 g/mol. The van der Waals surface area contributed by atoms with Crippen LogP contribution in [0.5, 0.6) is 0 Å². The van der Waals surface area contributed by atoms with Gasteiger partial charge in [-0.15, -0.1) is 0 Å². The molecule has 12 nitrogen and oxygen atoms in total. The number of nitrogens with one attached hydrogen (secondary N) is 3. The van der Waals surface area contributed by atoms with E-state index < -0.39 is 23.3 Å². The van der Waals surface area contributed by atoms with Crippen LogP contribution in [-0.2, 0) is 6.54 Å². The Hall–Kier alpha value is -6.00. The minimum absolute atomic E-state index is 0. The standard InChI is InChI=1S/C24H23F2N5O.C17H17F2N5O.2CH4/c1-14-8-19(25)20(26)9-17(14)23-27-10-21-24(32)28-22(29-31(21)23)18-13-30(11-15(18)2)12-16-6-4-3-5-7-16;1-8-3-12(18)13(19)4-10(8)16-21-7-14-17(25)22-15(23-24(14)16)11-6-20-5-9(11)2;;/h3-10,15,18H,11-13H2,1-2H3,(H,28,29,32);3-4,7,9,11,20H,5-6H2,1-2H3,(H,22,23,25);2*1H4. The summed E-state index contributed by atoms with van der Waals surface area (Å²) in [7, 11) is 0. The normalized spacial score (nSPS) is 19.1. The molecular weight excluding hydrogens is 765 g/mol. The molecule has 0 radical (unpaired) electrons. The van der Waals surface area contributed by atoms with Gasteiger partial charge in [0.15, 0.2) is 46.0 Å². The lowest BCUT2D eigenvalue weighted by Gasteiger charge is -2.16. The van der Waals surface area contributed by atoms with E-state index in [4.69, 9.17) is 5.10 Å². The van der Waals surface area contributed by atoms with Crippen LogP contribution in [0.2, 0.25) is 0 Å². The molecule has 59 heavy (non-hydrogen) atoms.